The number of hydrogen-bond donors (Lipinski definition) is 3. The van der Waals surface area contributed by atoms with Crippen LogP contribution in [0, 0.1) is 0 Å². The molecule has 0 atom stereocenters. The molecule has 0 unspecified atom stereocenters. The number of hydrogen-bond acceptors (Lipinski definition) is 6. The molecule has 1 aromatic carbocycles. The average molecular weight is 318 g/mol. The molecule has 0 heterocycles. The Bertz CT molecular complexity index is 462. The molecule has 0 aliphatic heterocycles. The molecule has 0 saturated carbocycles. The molecule has 0 fully saturated rings. The standard InChI is InChI=1S/C10H14O7S.K.H/c11-4-6-16-8-2-1-3-9(17-7-5-12)10(8)18(13,14)15;;/h1-3,11-12H,4-7H2,(H,13,14,15);;. The summed E-state index contributed by atoms with van der Waals surface area (Å²) in [6.07, 6.45) is 0. The van der Waals surface area contributed by atoms with E-state index in [4.69, 9.17) is 24.2 Å². The molecule has 0 spiro atoms. The van der Waals surface area contributed by atoms with Gasteiger partial charge in [-0.3, -0.25) is 4.55 Å². The van der Waals surface area contributed by atoms with Crippen molar-refractivity contribution in [2.45, 2.75) is 4.90 Å². The first-order valence-corrected chi connectivity index (χ1v) is 6.52. The normalized spacial score (nSPS) is 10.7. The van der Waals surface area contributed by atoms with Gasteiger partial charge in [0.15, 0.2) is 4.90 Å². The summed E-state index contributed by atoms with van der Waals surface area (Å²) in [5.74, 6) is -0.246. The Hall–Kier alpha value is 0.286. The van der Waals surface area contributed by atoms with Crippen LogP contribution in [0.5, 0.6) is 11.5 Å². The van der Waals surface area contributed by atoms with Crippen molar-refractivity contribution in [1.29, 1.82) is 0 Å². The van der Waals surface area contributed by atoms with Crippen molar-refractivity contribution in [3.8, 4) is 11.5 Å². The fourth-order valence-electron chi connectivity index (χ4n) is 1.29. The second-order valence-corrected chi connectivity index (χ2v) is 4.56. The van der Waals surface area contributed by atoms with Crippen molar-refractivity contribution in [2.24, 2.45) is 0 Å². The zero-order valence-corrected chi connectivity index (χ0v) is 10.3. The number of aliphatic hydroxyl groups is 2. The van der Waals surface area contributed by atoms with E-state index < -0.39 is 15.0 Å². The van der Waals surface area contributed by atoms with Crippen LogP contribution in [0.3, 0.4) is 0 Å². The summed E-state index contributed by atoms with van der Waals surface area (Å²) in [4.78, 5) is -0.521. The Kier molecular flexibility index (Phi) is 9.40. The molecule has 1 aromatic rings. The molecule has 1 rings (SSSR count). The Balaban J connectivity index is 0.00000324. The van der Waals surface area contributed by atoms with Crippen molar-refractivity contribution < 1.29 is 32.7 Å². The minimum absolute atomic E-state index is 0. The molecule has 0 aliphatic carbocycles. The monoisotopic (exact) mass is 318 g/mol. The van der Waals surface area contributed by atoms with Gasteiger partial charge < -0.3 is 19.7 Å². The molecule has 0 amide bonds. The third-order valence-corrected chi connectivity index (χ3v) is 2.82. The maximum absolute atomic E-state index is 11.3. The summed E-state index contributed by atoms with van der Waals surface area (Å²) in [5.41, 5.74) is 0. The molecule has 9 heteroatoms. The van der Waals surface area contributed by atoms with E-state index in [-0.39, 0.29) is 89.3 Å². The summed E-state index contributed by atoms with van der Waals surface area (Å²) in [6.45, 7) is -0.836. The van der Waals surface area contributed by atoms with Gasteiger partial charge >= 0.3 is 61.5 Å². The zero-order chi connectivity index (χ0) is 13.6. The third-order valence-electron chi connectivity index (χ3n) is 1.90. The summed E-state index contributed by atoms with van der Waals surface area (Å²) in [7, 11) is -4.54. The third kappa shape index (κ3) is 6.06. The first kappa shape index (κ1) is 19.3. The molecule has 0 aromatic heterocycles. The van der Waals surface area contributed by atoms with E-state index >= 15 is 0 Å². The molecule has 7 nitrogen and oxygen atoms in total. The topological polar surface area (TPSA) is 113 Å². The van der Waals surface area contributed by atoms with Gasteiger partial charge in [-0.1, -0.05) is 6.07 Å². The van der Waals surface area contributed by atoms with Crippen LogP contribution >= 0.6 is 0 Å². The fourth-order valence-corrected chi connectivity index (χ4v) is 2.05. The van der Waals surface area contributed by atoms with Crippen LogP contribution in [0.15, 0.2) is 23.1 Å². The number of benzene rings is 1. The average Bonchev–Trinajstić information content (AvgIpc) is 2.32. The molecule has 0 bridgehead atoms. The Morgan fingerprint density at radius 3 is 1.74 bits per heavy atom. The second-order valence-electron chi connectivity index (χ2n) is 3.20. The first-order valence-electron chi connectivity index (χ1n) is 5.08. The van der Waals surface area contributed by atoms with Gasteiger partial charge in [-0.15, -0.1) is 0 Å². The molecule has 0 radical (unpaired) electrons. The molecule has 0 saturated heterocycles. The van der Waals surface area contributed by atoms with E-state index in [9.17, 15) is 8.42 Å². The number of aliphatic hydroxyl groups excluding tert-OH is 2. The summed E-state index contributed by atoms with van der Waals surface area (Å²) < 4.78 is 41.7. The predicted molar refractivity (Wildman–Crippen MR) is 68.6 cm³/mol. The minimum atomic E-state index is -4.54. The molecular weight excluding hydrogens is 303 g/mol. The van der Waals surface area contributed by atoms with Gasteiger partial charge in [0.2, 0.25) is 0 Å². The van der Waals surface area contributed by atoms with Crippen LogP contribution in [0.1, 0.15) is 0 Å². The van der Waals surface area contributed by atoms with E-state index in [0.29, 0.717) is 0 Å². The van der Waals surface area contributed by atoms with Gasteiger partial charge in [-0.05, 0) is 12.1 Å². The van der Waals surface area contributed by atoms with Crippen LogP contribution in [0.4, 0.5) is 0 Å². The number of ether oxygens (including phenoxy) is 2. The van der Waals surface area contributed by atoms with E-state index in [1.165, 1.54) is 18.2 Å². The van der Waals surface area contributed by atoms with Crippen molar-refractivity contribution >= 4 is 61.5 Å². The van der Waals surface area contributed by atoms with Crippen LogP contribution in [-0.4, -0.2) is 101 Å². The SMILES string of the molecule is O=S(=O)(O)c1c(OCCO)cccc1OCCO.[KH]. The molecule has 19 heavy (non-hydrogen) atoms. The van der Waals surface area contributed by atoms with E-state index in [1.807, 2.05) is 0 Å². The van der Waals surface area contributed by atoms with Crippen LogP contribution in [0.25, 0.3) is 0 Å². The molecule has 0 aliphatic rings. The first-order chi connectivity index (χ1) is 8.50. The molecular formula is C10H15KO7S. The predicted octanol–water partition coefficient (Wildman–Crippen LogP) is -0.973. The van der Waals surface area contributed by atoms with E-state index in [0.717, 1.165) is 0 Å². The number of rotatable bonds is 7. The van der Waals surface area contributed by atoms with Gasteiger partial charge in [-0.25, -0.2) is 0 Å². The molecule has 3 N–H and O–H groups in total. The second kappa shape index (κ2) is 9.26. The van der Waals surface area contributed by atoms with Gasteiger partial charge in [-0.2, -0.15) is 8.42 Å². The van der Waals surface area contributed by atoms with E-state index in [2.05, 4.69) is 0 Å². The summed E-state index contributed by atoms with van der Waals surface area (Å²) >= 11 is 0. The zero-order valence-electron chi connectivity index (χ0n) is 9.44. The van der Waals surface area contributed by atoms with Crippen LogP contribution in [-0.2, 0) is 10.1 Å². The molecule has 104 valence electrons. The Morgan fingerprint density at radius 1 is 1.00 bits per heavy atom. The van der Waals surface area contributed by atoms with Crippen molar-refractivity contribution in [1.82, 2.24) is 0 Å². The maximum atomic E-state index is 11.3. The van der Waals surface area contributed by atoms with Crippen LogP contribution in [0.2, 0.25) is 0 Å². The van der Waals surface area contributed by atoms with Crippen molar-refractivity contribution in [2.75, 3.05) is 26.4 Å². The van der Waals surface area contributed by atoms with E-state index in [1.54, 1.807) is 0 Å². The Morgan fingerprint density at radius 2 is 1.42 bits per heavy atom. The summed E-state index contributed by atoms with van der Waals surface area (Å²) in [6, 6.07) is 4.11. The van der Waals surface area contributed by atoms with Crippen molar-refractivity contribution in [3.63, 3.8) is 0 Å². The van der Waals surface area contributed by atoms with Gasteiger partial charge in [0.25, 0.3) is 0 Å². The quantitative estimate of drug-likeness (QED) is 0.438. The van der Waals surface area contributed by atoms with Crippen molar-refractivity contribution in [3.05, 3.63) is 18.2 Å². The fraction of sp³-hybridized carbons (Fsp3) is 0.400. The van der Waals surface area contributed by atoms with Crippen LogP contribution < -0.4 is 9.47 Å². The Labute approximate surface area is 153 Å². The van der Waals surface area contributed by atoms with Gasteiger partial charge in [0, 0.05) is 0 Å². The van der Waals surface area contributed by atoms with Gasteiger partial charge in [0.05, 0.1) is 13.2 Å². The van der Waals surface area contributed by atoms with Gasteiger partial charge in [0.1, 0.15) is 24.7 Å². The summed E-state index contributed by atoms with van der Waals surface area (Å²) in [5, 5.41) is 17.3.